The Hall–Kier alpha value is -0.940. The first kappa shape index (κ1) is 15.0. The van der Waals surface area contributed by atoms with Crippen LogP contribution >= 0.6 is 0 Å². The Labute approximate surface area is 127 Å². The van der Waals surface area contributed by atoms with Crippen molar-refractivity contribution in [3.63, 3.8) is 0 Å². The maximum Gasteiger partial charge on any atom is 0.235 e. The third-order valence-corrected chi connectivity index (χ3v) is 5.40. The summed E-state index contributed by atoms with van der Waals surface area (Å²) in [5.74, 6) is 0.196. The van der Waals surface area contributed by atoms with Crippen molar-refractivity contribution in [3.8, 4) is 0 Å². The summed E-state index contributed by atoms with van der Waals surface area (Å²) in [7, 11) is 0. The molecule has 2 saturated heterocycles. The molecule has 2 heterocycles. The molecule has 2 aliphatic heterocycles. The van der Waals surface area contributed by atoms with Gasteiger partial charge in [0.25, 0.3) is 0 Å². The van der Waals surface area contributed by atoms with E-state index in [1.807, 2.05) is 0 Å². The van der Waals surface area contributed by atoms with Gasteiger partial charge in [0.05, 0.1) is 5.41 Å². The number of hydrogen-bond acceptors (Lipinski definition) is 4. The van der Waals surface area contributed by atoms with E-state index < -0.39 is 0 Å². The van der Waals surface area contributed by atoms with Crippen LogP contribution in [0.1, 0.15) is 44.9 Å². The first-order valence-electron chi connectivity index (χ1n) is 8.49. The molecule has 0 unspecified atom stereocenters. The summed E-state index contributed by atoms with van der Waals surface area (Å²) in [6.07, 6.45) is 6.93. The van der Waals surface area contributed by atoms with E-state index in [0.717, 1.165) is 58.4 Å². The Morgan fingerprint density at radius 3 is 2.29 bits per heavy atom. The van der Waals surface area contributed by atoms with Crippen LogP contribution in [0.5, 0.6) is 0 Å². The fraction of sp³-hybridized carbons (Fsp3) is 0.875. The van der Waals surface area contributed by atoms with Crippen LogP contribution in [0.15, 0.2) is 0 Å². The largest absolute Gasteiger partial charge is 0.314 e. The van der Waals surface area contributed by atoms with Crippen molar-refractivity contribution < 1.29 is 9.59 Å². The number of imide groups is 1. The quantitative estimate of drug-likeness (QED) is 0.789. The van der Waals surface area contributed by atoms with Gasteiger partial charge in [0.15, 0.2) is 0 Å². The number of nitrogens with one attached hydrogen (secondary N) is 1. The van der Waals surface area contributed by atoms with Gasteiger partial charge in [0, 0.05) is 45.7 Å². The second-order valence-electron chi connectivity index (χ2n) is 6.81. The maximum atomic E-state index is 12.8. The molecule has 1 aliphatic carbocycles. The van der Waals surface area contributed by atoms with Gasteiger partial charge >= 0.3 is 0 Å². The van der Waals surface area contributed by atoms with Crippen molar-refractivity contribution in [2.75, 3.05) is 39.3 Å². The zero-order chi connectivity index (χ0) is 14.7. The molecule has 0 bridgehead atoms. The van der Waals surface area contributed by atoms with Crippen LogP contribution in [0.25, 0.3) is 0 Å². The maximum absolute atomic E-state index is 12.8. The van der Waals surface area contributed by atoms with E-state index in [9.17, 15) is 9.59 Å². The molecule has 0 aromatic carbocycles. The summed E-state index contributed by atoms with van der Waals surface area (Å²) >= 11 is 0. The molecule has 5 heteroatoms. The van der Waals surface area contributed by atoms with E-state index in [0.29, 0.717) is 13.0 Å². The Morgan fingerprint density at radius 2 is 1.62 bits per heavy atom. The summed E-state index contributed by atoms with van der Waals surface area (Å²) in [5, 5.41) is 3.32. The third-order valence-electron chi connectivity index (χ3n) is 5.40. The summed E-state index contributed by atoms with van der Waals surface area (Å²) in [6, 6.07) is 0. The molecule has 21 heavy (non-hydrogen) atoms. The van der Waals surface area contributed by atoms with Crippen molar-refractivity contribution in [1.82, 2.24) is 15.1 Å². The number of rotatable bonds is 3. The highest BCUT2D eigenvalue weighted by Crippen LogP contribution is 2.44. The predicted molar refractivity (Wildman–Crippen MR) is 80.8 cm³/mol. The lowest BCUT2D eigenvalue weighted by Gasteiger charge is -2.29. The summed E-state index contributed by atoms with van der Waals surface area (Å²) in [5.41, 5.74) is -0.336. The van der Waals surface area contributed by atoms with Crippen LogP contribution in [0.4, 0.5) is 0 Å². The van der Waals surface area contributed by atoms with E-state index in [1.54, 1.807) is 4.90 Å². The highest BCUT2D eigenvalue weighted by molar-refractivity contribution is 6.05. The minimum atomic E-state index is -0.336. The molecule has 3 fully saturated rings. The average Bonchev–Trinajstić information content (AvgIpc) is 2.67. The van der Waals surface area contributed by atoms with Gasteiger partial charge in [-0.25, -0.2) is 0 Å². The number of carbonyl (C=O) groups excluding carboxylic acids is 2. The van der Waals surface area contributed by atoms with Gasteiger partial charge in [-0.2, -0.15) is 0 Å². The zero-order valence-electron chi connectivity index (χ0n) is 12.9. The molecule has 2 amide bonds. The van der Waals surface area contributed by atoms with Crippen LogP contribution in [-0.4, -0.2) is 60.9 Å². The normalized spacial score (nSPS) is 27.3. The molecule has 1 N–H and O–H groups in total. The van der Waals surface area contributed by atoms with Gasteiger partial charge in [-0.3, -0.25) is 19.4 Å². The predicted octanol–water partition coefficient (Wildman–Crippen LogP) is 0.991. The lowest BCUT2D eigenvalue weighted by Crippen LogP contribution is -2.47. The summed E-state index contributed by atoms with van der Waals surface area (Å²) in [6.45, 7) is 5.45. The number of hydrogen-bond donors (Lipinski definition) is 1. The van der Waals surface area contributed by atoms with Gasteiger partial charge in [0.2, 0.25) is 11.8 Å². The summed E-state index contributed by atoms with van der Waals surface area (Å²) in [4.78, 5) is 29.0. The van der Waals surface area contributed by atoms with Crippen LogP contribution < -0.4 is 5.32 Å². The van der Waals surface area contributed by atoms with Gasteiger partial charge in [-0.1, -0.05) is 25.7 Å². The molecular weight excluding hydrogens is 266 g/mol. The molecule has 0 radical (unpaired) electrons. The molecule has 1 spiro atoms. The molecule has 0 aromatic rings. The van der Waals surface area contributed by atoms with Crippen LogP contribution in [-0.2, 0) is 9.59 Å². The van der Waals surface area contributed by atoms with Gasteiger partial charge in [-0.15, -0.1) is 0 Å². The van der Waals surface area contributed by atoms with Gasteiger partial charge in [-0.05, 0) is 12.8 Å². The second-order valence-corrected chi connectivity index (χ2v) is 6.81. The zero-order valence-corrected chi connectivity index (χ0v) is 12.9. The standard InChI is InChI=1S/C16H27N3O2/c20-14-13-16(5-3-1-2-4-6-16)15(21)19(14)12-11-18-9-7-17-8-10-18/h17H,1-13H2. The van der Waals surface area contributed by atoms with Crippen molar-refractivity contribution in [1.29, 1.82) is 0 Å². The van der Waals surface area contributed by atoms with Crippen molar-refractivity contribution in [2.24, 2.45) is 5.41 Å². The molecule has 0 atom stereocenters. The number of amides is 2. The molecule has 1 saturated carbocycles. The van der Waals surface area contributed by atoms with Gasteiger partial charge < -0.3 is 5.32 Å². The Bertz CT molecular complexity index is 396. The van der Waals surface area contributed by atoms with Crippen LogP contribution in [0, 0.1) is 5.41 Å². The van der Waals surface area contributed by atoms with Crippen LogP contribution in [0.2, 0.25) is 0 Å². The second kappa shape index (κ2) is 6.44. The molecule has 0 aromatic heterocycles. The van der Waals surface area contributed by atoms with Crippen LogP contribution in [0.3, 0.4) is 0 Å². The SMILES string of the molecule is O=C1CC2(CCCCCC2)C(=O)N1CCN1CCNCC1. The molecule has 118 valence electrons. The monoisotopic (exact) mass is 293 g/mol. The average molecular weight is 293 g/mol. The number of nitrogens with zero attached hydrogens (tertiary/aromatic N) is 2. The topological polar surface area (TPSA) is 52.7 Å². The number of piperazine rings is 1. The Kier molecular flexibility index (Phi) is 4.60. The molecule has 5 nitrogen and oxygen atoms in total. The highest BCUT2D eigenvalue weighted by Gasteiger charge is 2.50. The minimum Gasteiger partial charge on any atom is -0.314 e. The molecular formula is C16H27N3O2. The fourth-order valence-electron chi connectivity index (χ4n) is 4.06. The molecule has 3 aliphatic rings. The van der Waals surface area contributed by atoms with E-state index in [1.165, 1.54) is 12.8 Å². The van der Waals surface area contributed by atoms with Gasteiger partial charge in [0.1, 0.15) is 0 Å². The number of likely N-dealkylation sites (tertiary alicyclic amines) is 1. The fourth-order valence-corrected chi connectivity index (χ4v) is 4.06. The third kappa shape index (κ3) is 3.14. The summed E-state index contributed by atoms with van der Waals surface area (Å²) < 4.78 is 0. The molecule has 3 rings (SSSR count). The van der Waals surface area contributed by atoms with Crippen molar-refractivity contribution in [3.05, 3.63) is 0 Å². The first-order chi connectivity index (χ1) is 10.2. The minimum absolute atomic E-state index is 0.0667. The number of carbonyl (C=O) groups is 2. The van der Waals surface area contributed by atoms with Crippen molar-refractivity contribution in [2.45, 2.75) is 44.9 Å². The lowest BCUT2D eigenvalue weighted by molar-refractivity contribution is -0.142. The Morgan fingerprint density at radius 1 is 0.952 bits per heavy atom. The first-order valence-corrected chi connectivity index (χ1v) is 8.49. The van der Waals surface area contributed by atoms with E-state index in [4.69, 9.17) is 0 Å². The van der Waals surface area contributed by atoms with E-state index in [-0.39, 0.29) is 17.2 Å². The Balaban J connectivity index is 1.60. The lowest BCUT2D eigenvalue weighted by atomic mass is 9.79. The van der Waals surface area contributed by atoms with E-state index in [2.05, 4.69) is 10.2 Å². The highest BCUT2D eigenvalue weighted by atomic mass is 16.2. The smallest absolute Gasteiger partial charge is 0.235 e. The van der Waals surface area contributed by atoms with E-state index >= 15 is 0 Å². The van der Waals surface area contributed by atoms with Crippen molar-refractivity contribution >= 4 is 11.8 Å².